The van der Waals surface area contributed by atoms with Gasteiger partial charge in [-0.1, -0.05) is 0 Å². The fraction of sp³-hybridized carbons (Fsp3) is 0.125. The van der Waals surface area contributed by atoms with E-state index in [1.54, 1.807) is 11.6 Å². The van der Waals surface area contributed by atoms with Crippen molar-refractivity contribution < 1.29 is 8.42 Å². The van der Waals surface area contributed by atoms with E-state index in [0.717, 1.165) is 15.8 Å². The molecule has 2 aromatic rings. The number of thiazole rings is 1. The molecule has 0 atom stereocenters. The standard InChI is InChI=1S/C8H6ClNO2S2/c1-5-2-6(14(9,11)12)3-7-8(5)10-4-13-7/h2-4H,1H3. The van der Waals surface area contributed by atoms with Crippen LogP contribution in [0.5, 0.6) is 0 Å². The maximum atomic E-state index is 11.1. The Morgan fingerprint density at radius 2 is 2.14 bits per heavy atom. The molecule has 0 aliphatic heterocycles. The summed E-state index contributed by atoms with van der Waals surface area (Å²) >= 11 is 1.40. The SMILES string of the molecule is Cc1cc(S(=O)(=O)Cl)cc2scnc12. The number of nitrogens with zero attached hydrogens (tertiary/aromatic N) is 1. The number of hydrogen-bond acceptors (Lipinski definition) is 4. The summed E-state index contributed by atoms with van der Waals surface area (Å²) in [6.45, 7) is 1.81. The summed E-state index contributed by atoms with van der Waals surface area (Å²) in [7, 11) is 1.61. The van der Waals surface area contributed by atoms with E-state index in [-0.39, 0.29) is 4.90 Å². The van der Waals surface area contributed by atoms with E-state index in [4.69, 9.17) is 10.7 Å². The van der Waals surface area contributed by atoms with E-state index in [2.05, 4.69) is 4.98 Å². The van der Waals surface area contributed by atoms with E-state index in [9.17, 15) is 8.42 Å². The number of aromatic nitrogens is 1. The number of halogens is 1. The third kappa shape index (κ3) is 1.63. The minimum atomic E-state index is -3.64. The molecule has 1 aromatic heterocycles. The molecule has 0 spiro atoms. The summed E-state index contributed by atoms with van der Waals surface area (Å²) in [6, 6.07) is 3.08. The quantitative estimate of drug-likeness (QED) is 0.728. The van der Waals surface area contributed by atoms with Gasteiger partial charge in [-0.2, -0.15) is 0 Å². The van der Waals surface area contributed by atoms with Crippen molar-refractivity contribution in [3.05, 3.63) is 23.2 Å². The Morgan fingerprint density at radius 3 is 2.79 bits per heavy atom. The number of fused-ring (bicyclic) bond motifs is 1. The second-order valence-corrected chi connectivity index (χ2v) is 6.33. The van der Waals surface area contributed by atoms with Crippen LogP contribution in [0.15, 0.2) is 22.5 Å². The summed E-state index contributed by atoms with van der Waals surface area (Å²) < 4.78 is 23.0. The molecule has 0 aliphatic carbocycles. The molecule has 0 fully saturated rings. The van der Waals surface area contributed by atoms with Gasteiger partial charge >= 0.3 is 0 Å². The molecule has 0 amide bonds. The molecule has 14 heavy (non-hydrogen) atoms. The third-order valence-electron chi connectivity index (χ3n) is 1.88. The lowest BCUT2D eigenvalue weighted by atomic mass is 10.2. The van der Waals surface area contributed by atoms with Gasteiger partial charge in [0.25, 0.3) is 9.05 Å². The highest BCUT2D eigenvalue weighted by Gasteiger charge is 2.13. The van der Waals surface area contributed by atoms with Gasteiger partial charge in [-0.05, 0) is 24.6 Å². The molecule has 0 radical (unpaired) electrons. The van der Waals surface area contributed by atoms with Crippen LogP contribution in [0.2, 0.25) is 0 Å². The molecule has 0 saturated carbocycles. The fourth-order valence-electron chi connectivity index (χ4n) is 1.25. The van der Waals surface area contributed by atoms with Crippen molar-refractivity contribution in [1.29, 1.82) is 0 Å². The predicted molar refractivity (Wildman–Crippen MR) is 57.4 cm³/mol. The minimum absolute atomic E-state index is 0.133. The average molecular weight is 248 g/mol. The molecule has 0 aliphatic rings. The van der Waals surface area contributed by atoms with Gasteiger partial charge < -0.3 is 0 Å². The lowest BCUT2D eigenvalue weighted by molar-refractivity contribution is 0.609. The maximum absolute atomic E-state index is 11.1. The zero-order valence-corrected chi connectivity index (χ0v) is 9.58. The van der Waals surface area contributed by atoms with Gasteiger partial charge in [-0.15, -0.1) is 11.3 Å². The Kier molecular flexibility index (Phi) is 2.25. The van der Waals surface area contributed by atoms with Crippen molar-refractivity contribution in [2.24, 2.45) is 0 Å². The monoisotopic (exact) mass is 247 g/mol. The average Bonchev–Trinajstić information content (AvgIpc) is 2.50. The van der Waals surface area contributed by atoms with Crippen molar-refractivity contribution in [3.8, 4) is 0 Å². The topological polar surface area (TPSA) is 47.0 Å². The number of hydrogen-bond donors (Lipinski definition) is 0. The number of rotatable bonds is 1. The molecule has 74 valence electrons. The van der Waals surface area contributed by atoms with Crippen LogP contribution in [-0.2, 0) is 9.05 Å². The van der Waals surface area contributed by atoms with Gasteiger partial charge in [-0.25, -0.2) is 13.4 Å². The highest BCUT2D eigenvalue weighted by molar-refractivity contribution is 8.13. The van der Waals surface area contributed by atoms with Crippen molar-refractivity contribution in [1.82, 2.24) is 4.98 Å². The van der Waals surface area contributed by atoms with E-state index in [1.807, 2.05) is 6.92 Å². The molecule has 0 bridgehead atoms. The van der Waals surface area contributed by atoms with Crippen LogP contribution in [0.25, 0.3) is 10.2 Å². The Morgan fingerprint density at radius 1 is 1.43 bits per heavy atom. The van der Waals surface area contributed by atoms with Gasteiger partial charge in [0.15, 0.2) is 0 Å². The highest BCUT2D eigenvalue weighted by atomic mass is 35.7. The van der Waals surface area contributed by atoms with Crippen LogP contribution in [0.4, 0.5) is 0 Å². The normalized spacial score (nSPS) is 12.1. The lowest BCUT2D eigenvalue weighted by Crippen LogP contribution is -1.91. The van der Waals surface area contributed by atoms with Gasteiger partial charge in [-0.3, -0.25) is 0 Å². The van der Waals surface area contributed by atoms with Gasteiger partial charge in [0.1, 0.15) is 0 Å². The second kappa shape index (κ2) is 3.18. The van der Waals surface area contributed by atoms with Crippen LogP contribution in [-0.4, -0.2) is 13.4 Å². The lowest BCUT2D eigenvalue weighted by Gasteiger charge is -1.98. The van der Waals surface area contributed by atoms with Crippen molar-refractivity contribution in [2.75, 3.05) is 0 Å². The zero-order chi connectivity index (χ0) is 10.3. The zero-order valence-electron chi connectivity index (χ0n) is 7.19. The number of aryl methyl sites for hydroxylation is 1. The Bertz CT molecular complexity index is 588. The summed E-state index contributed by atoms with van der Waals surface area (Å²) in [6.07, 6.45) is 0. The molecule has 3 nitrogen and oxygen atoms in total. The van der Waals surface area contributed by atoms with Gasteiger partial charge in [0, 0.05) is 10.7 Å². The highest BCUT2D eigenvalue weighted by Crippen LogP contribution is 2.26. The van der Waals surface area contributed by atoms with E-state index in [1.165, 1.54) is 17.4 Å². The first-order chi connectivity index (χ1) is 6.48. The number of benzene rings is 1. The Balaban J connectivity index is 2.83. The van der Waals surface area contributed by atoms with Crippen molar-refractivity contribution >= 4 is 41.3 Å². The van der Waals surface area contributed by atoms with E-state index >= 15 is 0 Å². The minimum Gasteiger partial charge on any atom is -0.244 e. The van der Waals surface area contributed by atoms with Crippen LogP contribution < -0.4 is 0 Å². The summed E-state index contributed by atoms with van der Waals surface area (Å²) in [5, 5.41) is 0. The van der Waals surface area contributed by atoms with Crippen LogP contribution in [0.3, 0.4) is 0 Å². The molecule has 0 saturated heterocycles. The van der Waals surface area contributed by atoms with Gasteiger partial charge in [0.2, 0.25) is 0 Å². The smallest absolute Gasteiger partial charge is 0.244 e. The second-order valence-electron chi connectivity index (χ2n) is 2.88. The molecule has 1 heterocycles. The Labute approximate surface area is 89.8 Å². The molecule has 6 heteroatoms. The predicted octanol–water partition coefficient (Wildman–Crippen LogP) is 2.53. The molecular weight excluding hydrogens is 242 g/mol. The summed E-state index contributed by atoms with van der Waals surface area (Å²) in [4.78, 5) is 4.25. The summed E-state index contributed by atoms with van der Waals surface area (Å²) in [5.41, 5.74) is 3.34. The van der Waals surface area contributed by atoms with E-state index < -0.39 is 9.05 Å². The first-order valence-electron chi connectivity index (χ1n) is 3.77. The molecule has 1 aromatic carbocycles. The van der Waals surface area contributed by atoms with Crippen LogP contribution in [0, 0.1) is 6.92 Å². The third-order valence-corrected chi connectivity index (χ3v) is 3.99. The molecule has 2 rings (SSSR count). The fourth-order valence-corrected chi connectivity index (χ4v) is 2.96. The molecule has 0 N–H and O–H groups in total. The first kappa shape index (κ1) is 9.89. The summed E-state index contributed by atoms with van der Waals surface area (Å²) in [5.74, 6) is 0. The molecular formula is C8H6ClNO2S2. The van der Waals surface area contributed by atoms with Gasteiger partial charge in [0.05, 0.1) is 20.6 Å². The maximum Gasteiger partial charge on any atom is 0.261 e. The van der Waals surface area contributed by atoms with Crippen molar-refractivity contribution in [2.45, 2.75) is 11.8 Å². The molecule has 0 unspecified atom stereocenters. The first-order valence-corrected chi connectivity index (χ1v) is 6.96. The van der Waals surface area contributed by atoms with Crippen LogP contribution in [0.1, 0.15) is 5.56 Å². The van der Waals surface area contributed by atoms with E-state index in [0.29, 0.717) is 0 Å². The van der Waals surface area contributed by atoms with Crippen LogP contribution >= 0.6 is 22.0 Å². The van der Waals surface area contributed by atoms with Crippen molar-refractivity contribution in [3.63, 3.8) is 0 Å². The largest absolute Gasteiger partial charge is 0.261 e. The Hall–Kier alpha value is -0.650.